The molecule has 0 radical (unpaired) electrons. The molecule has 8 nitrogen and oxygen atoms in total. The molecule has 1 aliphatic heterocycles. The molecule has 1 saturated heterocycles. The van der Waals surface area contributed by atoms with Crippen molar-refractivity contribution in [2.75, 3.05) is 65.0 Å². The highest BCUT2D eigenvalue weighted by Crippen LogP contribution is 2.30. The molecule has 0 bridgehead atoms. The Bertz CT molecular complexity index is 632. The summed E-state index contributed by atoms with van der Waals surface area (Å²) < 4.78 is 16.3. The molecule has 27 heavy (non-hydrogen) atoms. The zero-order valence-electron chi connectivity index (χ0n) is 16.3. The summed E-state index contributed by atoms with van der Waals surface area (Å²) in [5, 5.41) is 2.83. The summed E-state index contributed by atoms with van der Waals surface area (Å²) in [6.45, 7) is 7.48. The molecule has 0 aliphatic carbocycles. The van der Waals surface area contributed by atoms with Gasteiger partial charge in [-0.25, -0.2) is 0 Å². The first-order valence-electron chi connectivity index (χ1n) is 9.27. The van der Waals surface area contributed by atoms with E-state index < -0.39 is 0 Å². The molecule has 2 amide bonds. The number of hydrogen-bond donors (Lipinski definition) is 1. The third kappa shape index (κ3) is 6.73. The van der Waals surface area contributed by atoms with Crippen molar-refractivity contribution in [2.45, 2.75) is 13.8 Å². The van der Waals surface area contributed by atoms with Crippen molar-refractivity contribution in [3.63, 3.8) is 0 Å². The van der Waals surface area contributed by atoms with Gasteiger partial charge in [0.15, 0.2) is 11.5 Å². The van der Waals surface area contributed by atoms with E-state index in [9.17, 15) is 9.59 Å². The Labute approximate surface area is 160 Å². The van der Waals surface area contributed by atoms with Gasteiger partial charge in [0.1, 0.15) is 0 Å². The van der Waals surface area contributed by atoms with Gasteiger partial charge >= 0.3 is 0 Å². The van der Waals surface area contributed by atoms with E-state index in [4.69, 9.17) is 14.2 Å². The van der Waals surface area contributed by atoms with Gasteiger partial charge in [-0.15, -0.1) is 0 Å². The monoisotopic (exact) mass is 379 g/mol. The molecule has 1 aromatic carbocycles. The fraction of sp³-hybridized carbons (Fsp3) is 0.579. The Balaban J connectivity index is 1.86. The average molecular weight is 379 g/mol. The van der Waals surface area contributed by atoms with Crippen molar-refractivity contribution in [3.05, 3.63) is 18.2 Å². The van der Waals surface area contributed by atoms with Crippen molar-refractivity contribution in [1.82, 2.24) is 9.80 Å². The molecule has 1 fully saturated rings. The Morgan fingerprint density at radius 3 is 2.44 bits per heavy atom. The van der Waals surface area contributed by atoms with Gasteiger partial charge in [0.25, 0.3) is 0 Å². The fourth-order valence-electron chi connectivity index (χ4n) is 2.77. The standard InChI is InChI=1S/C19H29N3O5/c1-4-26-16-7-6-15(12-17(16)27-5-2)20-18(23)13-21(3)14-19(24)22-8-10-25-11-9-22/h6-7,12H,4-5,8-11,13-14H2,1-3H3,(H,20,23). The summed E-state index contributed by atoms with van der Waals surface area (Å²) in [5.41, 5.74) is 0.625. The van der Waals surface area contributed by atoms with Crippen LogP contribution in [-0.4, -0.2) is 81.3 Å². The van der Waals surface area contributed by atoms with E-state index in [0.717, 1.165) is 0 Å². The third-order valence-electron chi connectivity index (χ3n) is 4.01. The summed E-state index contributed by atoms with van der Waals surface area (Å²) in [7, 11) is 1.75. The van der Waals surface area contributed by atoms with Gasteiger partial charge in [0.2, 0.25) is 11.8 Å². The van der Waals surface area contributed by atoms with Crippen LogP contribution in [0, 0.1) is 0 Å². The predicted molar refractivity (Wildman–Crippen MR) is 102 cm³/mol. The minimum Gasteiger partial charge on any atom is -0.490 e. The first kappa shape index (κ1) is 21.0. The van der Waals surface area contributed by atoms with Crippen LogP contribution in [0.3, 0.4) is 0 Å². The first-order chi connectivity index (χ1) is 13.0. The van der Waals surface area contributed by atoms with Crippen molar-refractivity contribution in [3.8, 4) is 11.5 Å². The van der Waals surface area contributed by atoms with Crippen LogP contribution in [0.2, 0.25) is 0 Å². The highest BCUT2D eigenvalue weighted by molar-refractivity contribution is 5.93. The number of nitrogens with one attached hydrogen (secondary N) is 1. The van der Waals surface area contributed by atoms with Crippen LogP contribution in [0.4, 0.5) is 5.69 Å². The molecule has 1 N–H and O–H groups in total. The molecule has 0 unspecified atom stereocenters. The van der Waals surface area contributed by atoms with Gasteiger partial charge in [-0.1, -0.05) is 0 Å². The van der Waals surface area contributed by atoms with Crippen molar-refractivity contribution >= 4 is 17.5 Å². The number of hydrogen-bond acceptors (Lipinski definition) is 6. The molecule has 8 heteroatoms. The highest BCUT2D eigenvalue weighted by Gasteiger charge is 2.19. The lowest BCUT2D eigenvalue weighted by molar-refractivity contribution is -0.136. The molecule has 0 atom stereocenters. The number of rotatable bonds is 9. The van der Waals surface area contributed by atoms with Crippen molar-refractivity contribution in [2.24, 2.45) is 0 Å². The van der Waals surface area contributed by atoms with Gasteiger partial charge in [-0.05, 0) is 33.0 Å². The smallest absolute Gasteiger partial charge is 0.238 e. The summed E-state index contributed by atoms with van der Waals surface area (Å²) in [4.78, 5) is 28.0. The summed E-state index contributed by atoms with van der Waals surface area (Å²) in [5.74, 6) is 1.05. The topological polar surface area (TPSA) is 80.3 Å². The number of benzene rings is 1. The van der Waals surface area contributed by atoms with Crippen LogP contribution in [0.15, 0.2) is 18.2 Å². The van der Waals surface area contributed by atoms with Crippen LogP contribution in [0.25, 0.3) is 0 Å². The maximum atomic E-state index is 12.3. The Morgan fingerprint density at radius 1 is 1.11 bits per heavy atom. The number of anilines is 1. The average Bonchev–Trinajstić information content (AvgIpc) is 2.64. The molecule has 1 aromatic rings. The molecule has 1 heterocycles. The number of likely N-dealkylation sites (N-methyl/N-ethyl adjacent to an activating group) is 1. The van der Waals surface area contributed by atoms with Gasteiger partial charge in [0, 0.05) is 24.8 Å². The van der Waals surface area contributed by atoms with E-state index in [-0.39, 0.29) is 24.9 Å². The first-order valence-corrected chi connectivity index (χ1v) is 9.27. The minimum atomic E-state index is -0.195. The van der Waals surface area contributed by atoms with E-state index in [0.29, 0.717) is 56.7 Å². The second-order valence-electron chi connectivity index (χ2n) is 6.24. The number of morpholine rings is 1. The second kappa shape index (κ2) is 10.7. The van der Waals surface area contributed by atoms with E-state index in [1.54, 1.807) is 35.0 Å². The zero-order valence-corrected chi connectivity index (χ0v) is 16.3. The molecular weight excluding hydrogens is 350 g/mol. The number of carbonyl (C=O) groups excluding carboxylic acids is 2. The van der Waals surface area contributed by atoms with Crippen molar-refractivity contribution < 1.29 is 23.8 Å². The predicted octanol–water partition coefficient (Wildman–Crippen LogP) is 1.21. The number of nitrogens with zero attached hydrogens (tertiary/aromatic N) is 2. The Hall–Kier alpha value is -2.32. The van der Waals surface area contributed by atoms with Crippen molar-refractivity contribution in [1.29, 1.82) is 0 Å². The van der Waals surface area contributed by atoms with Gasteiger partial charge < -0.3 is 24.4 Å². The lowest BCUT2D eigenvalue weighted by Gasteiger charge is -2.28. The van der Waals surface area contributed by atoms with E-state index in [1.165, 1.54) is 0 Å². The summed E-state index contributed by atoms with van der Waals surface area (Å²) >= 11 is 0. The number of carbonyl (C=O) groups is 2. The van der Waals surface area contributed by atoms with E-state index >= 15 is 0 Å². The number of ether oxygens (including phenoxy) is 3. The maximum absolute atomic E-state index is 12.3. The molecule has 1 aliphatic rings. The van der Waals surface area contributed by atoms with Crippen LogP contribution in [0.1, 0.15) is 13.8 Å². The van der Waals surface area contributed by atoms with Gasteiger partial charge in [-0.2, -0.15) is 0 Å². The Kier molecular flexibility index (Phi) is 8.35. The lowest BCUT2D eigenvalue weighted by atomic mass is 10.2. The van der Waals surface area contributed by atoms with Crippen LogP contribution < -0.4 is 14.8 Å². The molecule has 0 spiro atoms. The Morgan fingerprint density at radius 2 is 1.78 bits per heavy atom. The molecule has 150 valence electrons. The third-order valence-corrected chi connectivity index (χ3v) is 4.01. The summed E-state index contributed by atoms with van der Waals surface area (Å²) in [6.07, 6.45) is 0. The van der Waals surface area contributed by atoms with E-state index in [2.05, 4.69) is 5.32 Å². The van der Waals surface area contributed by atoms with Gasteiger partial charge in [-0.3, -0.25) is 14.5 Å². The largest absolute Gasteiger partial charge is 0.490 e. The quantitative estimate of drug-likeness (QED) is 0.695. The highest BCUT2D eigenvalue weighted by atomic mass is 16.5. The van der Waals surface area contributed by atoms with E-state index in [1.807, 2.05) is 13.8 Å². The number of amides is 2. The second-order valence-corrected chi connectivity index (χ2v) is 6.24. The maximum Gasteiger partial charge on any atom is 0.238 e. The van der Waals surface area contributed by atoms with Gasteiger partial charge in [0.05, 0.1) is 39.5 Å². The SMILES string of the molecule is CCOc1ccc(NC(=O)CN(C)CC(=O)N2CCOCC2)cc1OCC. The summed E-state index contributed by atoms with van der Waals surface area (Å²) in [6, 6.07) is 5.28. The molecule has 0 aromatic heterocycles. The van der Waals surface area contributed by atoms with Crippen LogP contribution in [-0.2, 0) is 14.3 Å². The molecule has 0 saturated carbocycles. The molecular formula is C19H29N3O5. The minimum absolute atomic E-state index is 0.00768. The van der Waals surface area contributed by atoms with Crippen LogP contribution in [0.5, 0.6) is 11.5 Å². The van der Waals surface area contributed by atoms with Crippen LogP contribution >= 0.6 is 0 Å². The lowest BCUT2D eigenvalue weighted by Crippen LogP contribution is -2.46. The zero-order chi connectivity index (χ0) is 19.6. The fourth-order valence-corrected chi connectivity index (χ4v) is 2.77. The normalized spacial score (nSPS) is 14.1. The molecule has 2 rings (SSSR count).